The van der Waals surface area contributed by atoms with E-state index < -0.39 is 0 Å². The summed E-state index contributed by atoms with van der Waals surface area (Å²) in [7, 11) is 0. The number of anilines is 1. The molecule has 30 heavy (non-hydrogen) atoms. The van der Waals surface area contributed by atoms with Gasteiger partial charge in [-0.2, -0.15) is 0 Å². The molecule has 0 bridgehead atoms. The van der Waals surface area contributed by atoms with Gasteiger partial charge in [-0.1, -0.05) is 0 Å². The molecule has 3 heterocycles. The zero-order valence-corrected chi connectivity index (χ0v) is 18.4. The maximum Gasteiger partial charge on any atom is 0.242 e. The summed E-state index contributed by atoms with van der Waals surface area (Å²) in [5, 5.41) is 26.0. The average molecular weight is 430 g/mol. The van der Waals surface area contributed by atoms with Crippen LogP contribution >= 0.6 is 12.4 Å². The van der Waals surface area contributed by atoms with Crippen molar-refractivity contribution in [1.29, 1.82) is 0 Å². The number of halogens is 1. The summed E-state index contributed by atoms with van der Waals surface area (Å²) in [5.41, 5.74) is 2.00. The lowest BCUT2D eigenvalue weighted by molar-refractivity contribution is 0.170. The highest BCUT2D eigenvalue weighted by atomic mass is 35.5. The maximum absolute atomic E-state index is 10.4. The van der Waals surface area contributed by atoms with Crippen molar-refractivity contribution >= 4 is 18.4 Å². The van der Waals surface area contributed by atoms with Crippen molar-refractivity contribution in [2.24, 2.45) is 0 Å². The zero-order valence-electron chi connectivity index (χ0n) is 17.6. The number of benzene rings is 1. The Kier molecular flexibility index (Phi) is 6.01. The smallest absolute Gasteiger partial charge is 0.242 e. The first kappa shape index (κ1) is 22.0. The Balaban J connectivity index is 0.00000256. The summed E-state index contributed by atoms with van der Waals surface area (Å²) >= 11 is 0. The minimum absolute atomic E-state index is 0. The van der Waals surface area contributed by atoms with Gasteiger partial charge in [-0.25, -0.2) is 9.97 Å². The molecule has 3 aromatic rings. The summed E-state index contributed by atoms with van der Waals surface area (Å²) in [6, 6.07) is 5.63. The van der Waals surface area contributed by atoms with Crippen molar-refractivity contribution in [3.63, 3.8) is 0 Å². The largest absolute Gasteiger partial charge is 0.507 e. The molecule has 4 rings (SSSR count). The number of hydrogen-bond donors (Lipinski definition) is 3. The van der Waals surface area contributed by atoms with Crippen LogP contribution in [0.3, 0.4) is 0 Å². The minimum Gasteiger partial charge on any atom is -0.507 e. The molecule has 0 unspecified atom stereocenters. The fourth-order valence-electron chi connectivity index (χ4n) is 4.38. The van der Waals surface area contributed by atoms with Crippen molar-refractivity contribution in [3.8, 4) is 22.7 Å². The summed E-state index contributed by atoms with van der Waals surface area (Å²) in [4.78, 5) is 8.45. The number of piperidine rings is 1. The molecule has 0 aliphatic carbocycles. The predicted molar refractivity (Wildman–Crippen MR) is 119 cm³/mol. The van der Waals surface area contributed by atoms with Crippen LogP contribution < -0.4 is 10.6 Å². The van der Waals surface area contributed by atoms with Gasteiger partial charge in [0, 0.05) is 41.1 Å². The third-order valence-electron chi connectivity index (χ3n) is 5.14. The molecule has 8 nitrogen and oxygen atoms in total. The SMILES string of the molecule is CC1(C)CC(Nc2ncc(-c3ccc(-n4ccnc4)cc3O)nn2)CC(C)(C)N1.Cl. The van der Waals surface area contributed by atoms with Gasteiger partial charge in [0.05, 0.1) is 18.2 Å². The molecule has 160 valence electrons. The molecule has 0 spiro atoms. The third-order valence-corrected chi connectivity index (χ3v) is 5.14. The Morgan fingerprint density at radius 1 is 1.13 bits per heavy atom. The molecule has 0 atom stereocenters. The second-order valence-electron chi connectivity index (χ2n) is 8.98. The standard InChI is InChI=1S/C21H27N7O.ClH/c1-20(2)10-14(11-21(3,4)27-20)24-19-23-12-17(25-26-19)16-6-5-15(9-18(16)29)28-8-7-22-13-28;/h5-9,12-14,27,29H,10-11H2,1-4H3,(H,23,24,26);1H. The Hall–Kier alpha value is -2.71. The van der Waals surface area contributed by atoms with Gasteiger partial charge in [0.25, 0.3) is 0 Å². The molecule has 2 aromatic heterocycles. The van der Waals surface area contributed by atoms with Gasteiger partial charge in [0.2, 0.25) is 5.95 Å². The van der Waals surface area contributed by atoms with E-state index >= 15 is 0 Å². The van der Waals surface area contributed by atoms with Gasteiger partial charge in [0.1, 0.15) is 11.4 Å². The first-order chi connectivity index (χ1) is 13.7. The minimum atomic E-state index is 0. The lowest BCUT2D eigenvalue weighted by Crippen LogP contribution is -2.60. The average Bonchev–Trinajstić information content (AvgIpc) is 3.14. The number of hydrogen-bond acceptors (Lipinski definition) is 7. The monoisotopic (exact) mass is 429 g/mol. The molecule has 9 heteroatoms. The van der Waals surface area contributed by atoms with Gasteiger partial charge in [-0.3, -0.25) is 0 Å². The van der Waals surface area contributed by atoms with Crippen LogP contribution in [0, 0.1) is 0 Å². The quantitative estimate of drug-likeness (QED) is 0.582. The topological polar surface area (TPSA) is 101 Å². The Morgan fingerprint density at radius 2 is 1.87 bits per heavy atom. The first-order valence-corrected chi connectivity index (χ1v) is 9.78. The Labute approximate surface area is 182 Å². The van der Waals surface area contributed by atoms with Gasteiger partial charge in [-0.15, -0.1) is 22.6 Å². The van der Waals surface area contributed by atoms with Crippen LogP contribution in [0.5, 0.6) is 5.75 Å². The number of imidazole rings is 1. The van der Waals surface area contributed by atoms with Crippen LogP contribution in [-0.4, -0.2) is 47.0 Å². The molecule has 1 aliphatic rings. The number of aromatic nitrogens is 5. The number of phenols is 1. The number of aromatic hydroxyl groups is 1. The normalized spacial score (nSPS) is 17.9. The lowest BCUT2D eigenvalue weighted by atomic mass is 9.80. The molecule has 1 saturated heterocycles. The predicted octanol–water partition coefficient (Wildman–Crippen LogP) is 3.57. The van der Waals surface area contributed by atoms with Gasteiger partial charge < -0.3 is 20.3 Å². The van der Waals surface area contributed by atoms with Crippen LogP contribution in [0.4, 0.5) is 5.95 Å². The van der Waals surface area contributed by atoms with E-state index in [0.29, 0.717) is 17.2 Å². The maximum atomic E-state index is 10.4. The summed E-state index contributed by atoms with van der Waals surface area (Å²) < 4.78 is 1.82. The molecular weight excluding hydrogens is 402 g/mol. The van der Waals surface area contributed by atoms with Crippen molar-refractivity contribution in [1.82, 2.24) is 30.0 Å². The van der Waals surface area contributed by atoms with Crippen molar-refractivity contribution in [3.05, 3.63) is 43.1 Å². The Bertz CT molecular complexity index is 971. The van der Waals surface area contributed by atoms with Crippen molar-refractivity contribution < 1.29 is 5.11 Å². The fourth-order valence-corrected chi connectivity index (χ4v) is 4.38. The number of phenolic OH excluding ortho intramolecular Hbond substituents is 1. The second-order valence-corrected chi connectivity index (χ2v) is 8.98. The molecule has 3 N–H and O–H groups in total. The number of nitrogens with zero attached hydrogens (tertiary/aromatic N) is 5. The summed E-state index contributed by atoms with van der Waals surface area (Å²) in [5.74, 6) is 0.622. The van der Waals surface area contributed by atoms with E-state index in [1.807, 2.05) is 16.8 Å². The molecular formula is C21H28ClN7O. The molecule has 0 radical (unpaired) electrons. The van der Waals surface area contributed by atoms with Gasteiger partial charge in [0.15, 0.2) is 0 Å². The van der Waals surface area contributed by atoms with Crippen LogP contribution in [0.15, 0.2) is 43.1 Å². The molecule has 0 saturated carbocycles. The van der Waals surface area contributed by atoms with E-state index in [4.69, 9.17) is 0 Å². The molecule has 1 aliphatic heterocycles. The van der Waals surface area contributed by atoms with E-state index in [2.05, 4.69) is 58.5 Å². The molecule has 1 aromatic carbocycles. The lowest BCUT2D eigenvalue weighted by Gasteiger charge is -2.46. The van der Waals surface area contributed by atoms with Crippen molar-refractivity contribution in [2.45, 2.75) is 57.7 Å². The fraction of sp³-hybridized carbons (Fsp3) is 0.429. The number of rotatable bonds is 4. The summed E-state index contributed by atoms with van der Waals surface area (Å²) in [6.45, 7) is 8.84. The zero-order chi connectivity index (χ0) is 20.6. The van der Waals surface area contributed by atoms with Crippen LogP contribution in [0.1, 0.15) is 40.5 Å². The molecule has 1 fully saturated rings. The van der Waals surface area contributed by atoms with Gasteiger partial charge in [-0.05, 0) is 52.7 Å². The first-order valence-electron chi connectivity index (χ1n) is 9.78. The second kappa shape index (κ2) is 8.20. The van der Waals surface area contributed by atoms with E-state index in [0.717, 1.165) is 18.5 Å². The number of nitrogens with one attached hydrogen (secondary N) is 2. The van der Waals surface area contributed by atoms with E-state index in [1.54, 1.807) is 30.9 Å². The third kappa shape index (κ3) is 4.88. The highest BCUT2D eigenvalue weighted by Crippen LogP contribution is 2.31. The van der Waals surface area contributed by atoms with Crippen molar-refractivity contribution in [2.75, 3.05) is 5.32 Å². The van der Waals surface area contributed by atoms with E-state index in [1.165, 1.54) is 0 Å². The van der Waals surface area contributed by atoms with Crippen LogP contribution in [-0.2, 0) is 0 Å². The Morgan fingerprint density at radius 3 is 2.43 bits per heavy atom. The molecule has 0 amide bonds. The van der Waals surface area contributed by atoms with Crippen LogP contribution in [0.25, 0.3) is 16.9 Å². The van der Waals surface area contributed by atoms with E-state index in [9.17, 15) is 5.11 Å². The summed E-state index contributed by atoms with van der Waals surface area (Å²) in [6.07, 6.45) is 8.77. The highest BCUT2D eigenvalue weighted by Gasteiger charge is 2.37. The van der Waals surface area contributed by atoms with E-state index in [-0.39, 0.29) is 35.3 Å². The highest BCUT2D eigenvalue weighted by molar-refractivity contribution is 5.85. The van der Waals surface area contributed by atoms with Gasteiger partial charge >= 0.3 is 0 Å². The van der Waals surface area contributed by atoms with Crippen LogP contribution in [0.2, 0.25) is 0 Å².